The van der Waals surface area contributed by atoms with Crippen molar-refractivity contribution in [3.8, 4) is 0 Å². The number of halogens is 3. The highest BCUT2D eigenvalue weighted by Crippen LogP contribution is 2.37. The minimum Gasteiger partial charge on any atom is -0.316 e. The molecule has 0 aliphatic heterocycles. The first-order chi connectivity index (χ1) is 9.86. The largest absolute Gasteiger partial charge is 0.416 e. The highest BCUT2D eigenvalue weighted by Gasteiger charge is 2.32. The lowest BCUT2D eigenvalue weighted by atomic mass is 9.70. The molecular formula is C17H24F3N. The Bertz CT molecular complexity index is 436. The molecule has 118 valence electrons. The molecule has 0 radical (unpaired) electrons. The Balaban J connectivity index is 1.82. The van der Waals surface area contributed by atoms with Crippen LogP contribution in [-0.4, -0.2) is 13.1 Å². The SMILES string of the molecule is CC(C)CNCC1CCC1Cc1ccc(C(F)(F)F)cc1. The van der Waals surface area contributed by atoms with Crippen LogP contribution in [0.2, 0.25) is 0 Å². The maximum atomic E-state index is 12.5. The number of alkyl halides is 3. The minimum atomic E-state index is -4.24. The predicted molar refractivity (Wildman–Crippen MR) is 79.1 cm³/mol. The van der Waals surface area contributed by atoms with E-state index in [1.54, 1.807) is 12.1 Å². The van der Waals surface area contributed by atoms with Gasteiger partial charge < -0.3 is 5.32 Å². The van der Waals surface area contributed by atoms with E-state index in [-0.39, 0.29) is 0 Å². The molecule has 1 N–H and O–H groups in total. The van der Waals surface area contributed by atoms with E-state index >= 15 is 0 Å². The van der Waals surface area contributed by atoms with E-state index in [1.165, 1.54) is 25.0 Å². The van der Waals surface area contributed by atoms with Gasteiger partial charge in [0.25, 0.3) is 0 Å². The van der Waals surface area contributed by atoms with Gasteiger partial charge in [-0.15, -0.1) is 0 Å². The lowest BCUT2D eigenvalue weighted by Gasteiger charge is -2.37. The molecule has 1 nitrogen and oxygen atoms in total. The van der Waals surface area contributed by atoms with Crippen LogP contribution in [0.15, 0.2) is 24.3 Å². The standard InChI is InChI=1S/C17H24F3N/c1-12(2)10-21-11-15-6-5-14(15)9-13-3-7-16(8-4-13)17(18,19)20/h3-4,7-8,12,14-15,21H,5-6,9-11H2,1-2H3. The molecule has 21 heavy (non-hydrogen) atoms. The number of benzene rings is 1. The van der Waals surface area contributed by atoms with Gasteiger partial charge in [-0.05, 0) is 67.8 Å². The van der Waals surface area contributed by atoms with Crippen molar-refractivity contribution in [3.05, 3.63) is 35.4 Å². The van der Waals surface area contributed by atoms with Crippen molar-refractivity contribution in [2.45, 2.75) is 39.3 Å². The van der Waals surface area contributed by atoms with Crippen LogP contribution in [0.5, 0.6) is 0 Å². The third kappa shape index (κ3) is 4.73. The molecule has 0 aromatic heterocycles. The van der Waals surface area contributed by atoms with Crippen LogP contribution >= 0.6 is 0 Å². The predicted octanol–water partition coefficient (Wildman–Crippen LogP) is 4.52. The van der Waals surface area contributed by atoms with Gasteiger partial charge in [-0.25, -0.2) is 0 Å². The maximum Gasteiger partial charge on any atom is 0.416 e. The molecule has 2 atom stereocenters. The van der Waals surface area contributed by atoms with E-state index in [9.17, 15) is 13.2 Å². The maximum absolute atomic E-state index is 12.5. The summed E-state index contributed by atoms with van der Waals surface area (Å²) in [6, 6.07) is 5.64. The van der Waals surface area contributed by atoms with Crippen molar-refractivity contribution in [1.29, 1.82) is 0 Å². The molecule has 1 aromatic rings. The monoisotopic (exact) mass is 299 g/mol. The number of hydrogen-bond acceptors (Lipinski definition) is 1. The summed E-state index contributed by atoms with van der Waals surface area (Å²) in [6.07, 6.45) is -0.921. The number of rotatable bonds is 6. The molecule has 2 unspecified atom stereocenters. The van der Waals surface area contributed by atoms with Crippen LogP contribution in [-0.2, 0) is 12.6 Å². The number of hydrogen-bond donors (Lipinski definition) is 1. The molecule has 1 aliphatic carbocycles. The van der Waals surface area contributed by atoms with Gasteiger partial charge in [0.15, 0.2) is 0 Å². The van der Waals surface area contributed by atoms with Crippen LogP contribution in [0.1, 0.15) is 37.8 Å². The number of nitrogens with one attached hydrogen (secondary N) is 1. The lowest BCUT2D eigenvalue weighted by Crippen LogP contribution is -2.37. The summed E-state index contributed by atoms with van der Waals surface area (Å²) in [5.74, 6) is 1.94. The Morgan fingerprint density at radius 1 is 1.10 bits per heavy atom. The van der Waals surface area contributed by atoms with Crippen molar-refractivity contribution in [3.63, 3.8) is 0 Å². The van der Waals surface area contributed by atoms with E-state index in [1.807, 2.05) is 0 Å². The second-order valence-corrected chi connectivity index (χ2v) is 6.55. The van der Waals surface area contributed by atoms with E-state index < -0.39 is 11.7 Å². The van der Waals surface area contributed by atoms with Gasteiger partial charge >= 0.3 is 6.18 Å². The van der Waals surface area contributed by atoms with Gasteiger partial charge in [-0.3, -0.25) is 0 Å². The topological polar surface area (TPSA) is 12.0 Å². The molecule has 1 fully saturated rings. The van der Waals surface area contributed by atoms with Crippen molar-refractivity contribution >= 4 is 0 Å². The van der Waals surface area contributed by atoms with Crippen LogP contribution in [0.3, 0.4) is 0 Å². The summed E-state index contributed by atoms with van der Waals surface area (Å²) in [5.41, 5.74) is 0.455. The van der Waals surface area contributed by atoms with Crippen molar-refractivity contribution in [2.75, 3.05) is 13.1 Å². The Hall–Kier alpha value is -1.03. The summed E-state index contributed by atoms with van der Waals surface area (Å²) in [5, 5.41) is 3.48. The van der Waals surface area contributed by atoms with Gasteiger partial charge in [0.2, 0.25) is 0 Å². The van der Waals surface area contributed by atoms with Gasteiger partial charge in [-0.2, -0.15) is 13.2 Å². The Kier molecular flexibility index (Phi) is 5.31. The van der Waals surface area contributed by atoms with Crippen molar-refractivity contribution in [2.24, 2.45) is 17.8 Å². The first kappa shape index (κ1) is 16.3. The minimum absolute atomic E-state index is 0.560. The molecule has 1 saturated carbocycles. The Morgan fingerprint density at radius 3 is 2.19 bits per heavy atom. The van der Waals surface area contributed by atoms with Crippen LogP contribution in [0.4, 0.5) is 13.2 Å². The zero-order chi connectivity index (χ0) is 15.5. The average molecular weight is 299 g/mol. The summed E-state index contributed by atoms with van der Waals surface area (Å²) in [7, 11) is 0. The molecule has 0 saturated heterocycles. The van der Waals surface area contributed by atoms with E-state index in [0.717, 1.165) is 25.1 Å². The zero-order valence-corrected chi connectivity index (χ0v) is 12.7. The molecule has 1 aromatic carbocycles. The molecule has 1 aliphatic rings. The smallest absolute Gasteiger partial charge is 0.316 e. The van der Waals surface area contributed by atoms with E-state index in [2.05, 4.69) is 19.2 Å². The van der Waals surface area contributed by atoms with Crippen LogP contribution < -0.4 is 5.32 Å². The first-order valence-electron chi connectivity index (χ1n) is 7.73. The highest BCUT2D eigenvalue weighted by molar-refractivity contribution is 5.25. The van der Waals surface area contributed by atoms with Crippen LogP contribution in [0.25, 0.3) is 0 Å². The van der Waals surface area contributed by atoms with Gasteiger partial charge in [0.05, 0.1) is 5.56 Å². The Labute approximate surface area is 124 Å². The summed E-state index contributed by atoms with van der Waals surface area (Å²) >= 11 is 0. The summed E-state index contributed by atoms with van der Waals surface area (Å²) in [6.45, 7) is 6.44. The normalized spacial score (nSPS) is 22.4. The van der Waals surface area contributed by atoms with Gasteiger partial charge in [0.1, 0.15) is 0 Å². The Morgan fingerprint density at radius 2 is 1.71 bits per heavy atom. The third-order valence-corrected chi connectivity index (χ3v) is 4.31. The summed E-state index contributed by atoms with van der Waals surface area (Å²) < 4.78 is 37.6. The molecule has 0 spiro atoms. The molecular weight excluding hydrogens is 275 g/mol. The zero-order valence-electron chi connectivity index (χ0n) is 12.7. The first-order valence-corrected chi connectivity index (χ1v) is 7.73. The fourth-order valence-electron chi connectivity index (χ4n) is 2.87. The van der Waals surface area contributed by atoms with E-state index in [4.69, 9.17) is 0 Å². The van der Waals surface area contributed by atoms with Gasteiger partial charge in [-0.1, -0.05) is 26.0 Å². The molecule has 2 rings (SSSR count). The molecule has 4 heteroatoms. The second-order valence-electron chi connectivity index (χ2n) is 6.55. The van der Waals surface area contributed by atoms with Crippen molar-refractivity contribution in [1.82, 2.24) is 5.32 Å². The quantitative estimate of drug-likeness (QED) is 0.814. The fraction of sp³-hybridized carbons (Fsp3) is 0.647. The fourth-order valence-corrected chi connectivity index (χ4v) is 2.87. The molecule has 0 bridgehead atoms. The molecule has 0 amide bonds. The average Bonchev–Trinajstić information content (AvgIpc) is 2.39. The highest BCUT2D eigenvalue weighted by atomic mass is 19.4. The summed E-state index contributed by atoms with van der Waals surface area (Å²) in [4.78, 5) is 0. The third-order valence-electron chi connectivity index (χ3n) is 4.31. The van der Waals surface area contributed by atoms with Crippen LogP contribution in [0, 0.1) is 17.8 Å². The van der Waals surface area contributed by atoms with Gasteiger partial charge in [0, 0.05) is 0 Å². The van der Waals surface area contributed by atoms with E-state index in [0.29, 0.717) is 17.8 Å². The van der Waals surface area contributed by atoms with Crippen molar-refractivity contribution < 1.29 is 13.2 Å². The molecule has 0 heterocycles. The lowest BCUT2D eigenvalue weighted by molar-refractivity contribution is -0.137. The second kappa shape index (κ2) is 6.82.